The summed E-state index contributed by atoms with van der Waals surface area (Å²) in [4.78, 5) is 11.8. The minimum absolute atomic E-state index is 0.0873. The number of nitrogens with one attached hydrogen (secondary N) is 1. The van der Waals surface area contributed by atoms with Crippen molar-refractivity contribution in [2.75, 3.05) is 11.9 Å². The molecule has 0 aliphatic rings. The molecule has 110 valence electrons. The number of benzene rings is 2. The quantitative estimate of drug-likeness (QED) is 0.875. The lowest BCUT2D eigenvalue weighted by atomic mass is 10.1. The number of ether oxygens (including phenoxy) is 1. The van der Waals surface area contributed by atoms with Gasteiger partial charge in [0.15, 0.2) is 6.61 Å². The molecule has 0 aliphatic heterocycles. The van der Waals surface area contributed by atoms with Gasteiger partial charge in [-0.25, -0.2) is 0 Å². The molecule has 0 unspecified atom stereocenters. The first-order valence-electron chi connectivity index (χ1n) is 6.55. The van der Waals surface area contributed by atoms with Crippen LogP contribution >= 0.6 is 23.2 Å². The lowest BCUT2D eigenvalue weighted by Crippen LogP contribution is -2.20. The van der Waals surface area contributed by atoms with Crippen LogP contribution < -0.4 is 10.1 Å². The van der Waals surface area contributed by atoms with Crippen LogP contribution in [-0.2, 0) is 11.2 Å². The highest BCUT2D eigenvalue weighted by Gasteiger charge is 2.07. The molecule has 0 bridgehead atoms. The van der Waals surface area contributed by atoms with Gasteiger partial charge in [0.1, 0.15) is 5.75 Å². The van der Waals surface area contributed by atoms with Gasteiger partial charge >= 0.3 is 0 Å². The van der Waals surface area contributed by atoms with Crippen LogP contribution in [0, 0.1) is 0 Å². The van der Waals surface area contributed by atoms with Crippen molar-refractivity contribution >= 4 is 34.8 Å². The normalized spacial score (nSPS) is 10.2. The zero-order valence-electron chi connectivity index (χ0n) is 11.5. The number of anilines is 1. The van der Waals surface area contributed by atoms with E-state index >= 15 is 0 Å². The molecular formula is C16H15Cl2NO2. The topological polar surface area (TPSA) is 38.3 Å². The number of hydrogen-bond acceptors (Lipinski definition) is 2. The minimum atomic E-state index is -0.268. The van der Waals surface area contributed by atoms with E-state index in [9.17, 15) is 4.79 Å². The molecule has 2 aromatic carbocycles. The molecule has 21 heavy (non-hydrogen) atoms. The largest absolute Gasteiger partial charge is 0.484 e. The summed E-state index contributed by atoms with van der Waals surface area (Å²) in [6, 6.07) is 12.4. The molecule has 1 amide bonds. The lowest BCUT2D eigenvalue weighted by molar-refractivity contribution is -0.118. The Hall–Kier alpha value is -1.71. The molecule has 0 saturated carbocycles. The molecule has 5 heteroatoms. The maximum Gasteiger partial charge on any atom is 0.262 e. The zero-order valence-corrected chi connectivity index (χ0v) is 13.0. The highest BCUT2D eigenvalue weighted by Crippen LogP contribution is 2.23. The van der Waals surface area contributed by atoms with Gasteiger partial charge in [-0.1, -0.05) is 42.3 Å². The van der Waals surface area contributed by atoms with Crippen LogP contribution in [0.4, 0.5) is 5.69 Å². The standard InChI is InChI=1S/C16H15Cl2NO2/c1-2-11-9-12(7-8-13(11)17)21-10-16(20)19-15-6-4-3-5-14(15)18/h3-9H,2,10H2,1H3,(H,19,20). The number of halogens is 2. The van der Waals surface area contributed by atoms with Gasteiger partial charge in [-0.15, -0.1) is 0 Å². The highest BCUT2D eigenvalue weighted by atomic mass is 35.5. The van der Waals surface area contributed by atoms with E-state index in [1.165, 1.54) is 0 Å². The Labute approximate surface area is 133 Å². The van der Waals surface area contributed by atoms with Crippen molar-refractivity contribution in [1.82, 2.24) is 0 Å². The first kappa shape index (κ1) is 15.7. The average molecular weight is 324 g/mol. The summed E-state index contributed by atoms with van der Waals surface area (Å²) < 4.78 is 5.46. The monoisotopic (exact) mass is 323 g/mol. The molecule has 0 radical (unpaired) electrons. The smallest absolute Gasteiger partial charge is 0.262 e. The summed E-state index contributed by atoms with van der Waals surface area (Å²) in [6.45, 7) is 1.92. The van der Waals surface area contributed by atoms with E-state index in [1.54, 1.807) is 36.4 Å². The summed E-state index contributed by atoms with van der Waals surface area (Å²) in [7, 11) is 0. The summed E-state index contributed by atoms with van der Waals surface area (Å²) in [6.07, 6.45) is 0.807. The Bertz CT molecular complexity index is 644. The minimum Gasteiger partial charge on any atom is -0.484 e. The Kier molecular flexibility index (Phi) is 5.48. The van der Waals surface area contributed by atoms with E-state index in [-0.39, 0.29) is 12.5 Å². The van der Waals surface area contributed by atoms with Crippen LogP contribution in [0.5, 0.6) is 5.75 Å². The summed E-state index contributed by atoms with van der Waals surface area (Å²) in [5.74, 6) is 0.349. The first-order valence-corrected chi connectivity index (χ1v) is 7.31. The van der Waals surface area contributed by atoms with Crippen LogP contribution in [0.15, 0.2) is 42.5 Å². The number of carbonyl (C=O) groups excluding carboxylic acids is 1. The second kappa shape index (κ2) is 7.34. The molecule has 0 aromatic heterocycles. The second-order valence-electron chi connectivity index (χ2n) is 4.42. The van der Waals surface area contributed by atoms with Crippen molar-refractivity contribution in [2.24, 2.45) is 0 Å². The zero-order chi connectivity index (χ0) is 15.2. The van der Waals surface area contributed by atoms with Gasteiger partial charge < -0.3 is 10.1 Å². The third kappa shape index (κ3) is 4.38. The molecule has 2 rings (SSSR count). The van der Waals surface area contributed by atoms with Crippen molar-refractivity contribution < 1.29 is 9.53 Å². The van der Waals surface area contributed by atoms with Crippen molar-refractivity contribution in [3.63, 3.8) is 0 Å². The molecule has 1 N–H and O–H groups in total. The van der Waals surface area contributed by atoms with Crippen LogP contribution in [-0.4, -0.2) is 12.5 Å². The Morgan fingerprint density at radius 3 is 2.62 bits per heavy atom. The van der Waals surface area contributed by atoms with Gasteiger partial charge in [-0.3, -0.25) is 4.79 Å². The van der Waals surface area contributed by atoms with Gasteiger partial charge in [0, 0.05) is 5.02 Å². The van der Waals surface area contributed by atoms with E-state index < -0.39 is 0 Å². The molecule has 3 nitrogen and oxygen atoms in total. The van der Waals surface area contributed by atoms with Crippen molar-refractivity contribution in [3.05, 3.63) is 58.1 Å². The second-order valence-corrected chi connectivity index (χ2v) is 5.24. The third-order valence-corrected chi connectivity index (χ3v) is 3.61. The van der Waals surface area contributed by atoms with E-state index in [1.807, 2.05) is 13.0 Å². The van der Waals surface area contributed by atoms with Crippen molar-refractivity contribution in [1.29, 1.82) is 0 Å². The van der Waals surface area contributed by atoms with Gasteiger partial charge in [-0.2, -0.15) is 0 Å². The van der Waals surface area contributed by atoms with Gasteiger partial charge in [0.25, 0.3) is 5.91 Å². The lowest BCUT2D eigenvalue weighted by Gasteiger charge is -2.10. The number of aryl methyl sites for hydroxylation is 1. The summed E-state index contributed by atoms with van der Waals surface area (Å²) in [5, 5.41) is 3.89. The van der Waals surface area contributed by atoms with Crippen LogP contribution in [0.3, 0.4) is 0 Å². The number of carbonyl (C=O) groups is 1. The fourth-order valence-electron chi connectivity index (χ4n) is 1.81. The predicted molar refractivity (Wildman–Crippen MR) is 86.4 cm³/mol. The fourth-order valence-corrected chi connectivity index (χ4v) is 2.24. The maximum atomic E-state index is 11.8. The number of hydrogen-bond donors (Lipinski definition) is 1. The summed E-state index contributed by atoms with van der Waals surface area (Å²) >= 11 is 12.0. The SMILES string of the molecule is CCc1cc(OCC(=O)Nc2ccccc2Cl)ccc1Cl. The Morgan fingerprint density at radius 1 is 1.14 bits per heavy atom. The van der Waals surface area contributed by atoms with E-state index in [4.69, 9.17) is 27.9 Å². The van der Waals surface area contributed by atoms with Crippen LogP contribution in [0.2, 0.25) is 10.0 Å². The fraction of sp³-hybridized carbons (Fsp3) is 0.188. The number of rotatable bonds is 5. The molecule has 2 aromatic rings. The van der Waals surface area contributed by atoms with E-state index in [0.29, 0.717) is 21.5 Å². The van der Waals surface area contributed by atoms with Gasteiger partial charge in [0.05, 0.1) is 10.7 Å². The average Bonchev–Trinajstić information content (AvgIpc) is 2.49. The van der Waals surface area contributed by atoms with Crippen LogP contribution in [0.25, 0.3) is 0 Å². The summed E-state index contributed by atoms with van der Waals surface area (Å²) in [5.41, 5.74) is 1.55. The molecule has 0 atom stereocenters. The molecule has 0 fully saturated rings. The predicted octanol–water partition coefficient (Wildman–Crippen LogP) is 4.57. The van der Waals surface area contributed by atoms with Crippen molar-refractivity contribution in [3.8, 4) is 5.75 Å². The molecule has 0 saturated heterocycles. The maximum absolute atomic E-state index is 11.8. The highest BCUT2D eigenvalue weighted by molar-refractivity contribution is 6.33. The van der Waals surface area contributed by atoms with Crippen LogP contribution in [0.1, 0.15) is 12.5 Å². The van der Waals surface area contributed by atoms with Gasteiger partial charge in [0.2, 0.25) is 0 Å². The third-order valence-electron chi connectivity index (χ3n) is 2.92. The van der Waals surface area contributed by atoms with Gasteiger partial charge in [-0.05, 0) is 42.3 Å². The first-order chi connectivity index (χ1) is 10.1. The Morgan fingerprint density at radius 2 is 1.90 bits per heavy atom. The van der Waals surface area contributed by atoms with Crippen molar-refractivity contribution in [2.45, 2.75) is 13.3 Å². The molecule has 0 aliphatic carbocycles. The van der Waals surface area contributed by atoms with E-state index in [2.05, 4.69) is 5.32 Å². The molecular weight excluding hydrogens is 309 g/mol. The Balaban J connectivity index is 1.94. The molecule has 0 spiro atoms. The molecule has 0 heterocycles. The number of amides is 1. The van der Waals surface area contributed by atoms with E-state index in [0.717, 1.165) is 12.0 Å². The number of para-hydroxylation sites is 1.